The van der Waals surface area contributed by atoms with Crippen LogP contribution in [0.15, 0.2) is 67.0 Å². The first-order valence-electron chi connectivity index (χ1n) is 14.8. The maximum Gasteiger partial charge on any atom is 0.430 e. The van der Waals surface area contributed by atoms with E-state index in [1.165, 1.54) is 0 Å². The lowest BCUT2D eigenvalue weighted by Crippen LogP contribution is -2.53. The smallest absolute Gasteiger partial charge is 0.369 e. The summed E-state index contributed by atoms with van der Waals surface area (Å²) in [5, 5.41) is 12.7. The summed E-state index contributed by atoms with van der Waals surface area (Å²) in [5.74, 6) is 0.00586. The third-order valence-corrected chi connectivity index (χ3v) is 8.11. The summed E-state index contributed by atoms with van der Waals surface area (Å²) in [6.45, 7) is 9.47. The number of pyridine rings is 1. The molecule has 45 heavy (non-hydrogen) atoms. The zero-order chi connectivity index (χ0) is 33.0. The van der Waals surface area contributed by atoms with E-state index >= 15 is 0 Å². The lowest BCUT2D eigenvalue weighted by Gasteiger charge is -2.42. The first-order chi connectivity index (χ1) is 21.1. The quantitative estimate of drug-likeness (QED) is 0.254. The molecule has 12 heteroatoms. The number of nitrogens with one attached hydrogen (secondary N) is 1. The van der Waals surface area contributed by atoms with Crippen LogP contribution in [0.25, 0.3) is 11.1 Å². The van der Waals surface area contributed by atoms with Gasteiger partial charge in [-0.05, 0) is 67.1 Å². The van der Waals surface area contributed by atoms with Crippen molar-refractivity contribution in [3.8, 4) is 11.1 Å². The number of alkyl halides is 6. The van der Waals surface area contributed by atoms with Crippen LogP contribution in [0, 0.1) is 6.92 Å². The molecule has 2 N–H and O–H groups in total. The predicted molar refractivity (Wildman–Crippen MR) is 159 cm³/mol. The van der Waals surface area contributed by atoms with E-state index in [1.54, 1.807) is 18.5 Å². The van der Waals surface area contributed by atoms with Crippen LogP contribution in [0.1, 0.15) is 48.9 Å². The van der Waals surface area contributed by atoms with E-state index in [1.807, 2.05) is 45.0 Å². The number of benzene rings is 2. The second-order valence-corrected chi connectivity index (χ2v) is 11.9. The van der Waals surface area contributed by atoms with Crippen molar-refractivity contribution in [2.45, 2.75) is 76.7 Å². The van der Waals surface area contributed by atoms with Crippen molar-refractivity contribution in [2.75, 3.05) is 19.6 Å². The molecule has 1 atom stereocenters. The number of nitrogens with zero attached hydrogens (tertiary/aromatic N) is 3. The van der Waals surface area contributed by atoms with Crippen molar-refractivity contribution in [3.63, 3.8) is 0 Å². The molecule has 3 aromatic rings. The fourth-order valence-corrected chi connectivity index (χ4v) is 5.78. The van der Waals surface area contributed by atoms with Crippen molar-refractivity contribution in [1.82, 2.24) is 20.1 Å². The Morgan fingerprint density at radius 3 is 2.16 bits per heavy atom. The maximum absolute atomic E-state index is 13.3. The highest BCUT2D eigenvalue weighted by molar-refractivity contribution is 5.76. The summed E-state index contributed by atoms with van der Waals surface area (Å²) in [7, 11) is 0. The van der Waals surface area contributed by atoms with Gasteiger partial charge in [0.25, 0.3) is 5.60 Å². The molecule has 4 rings (SSSR count). The van der Waals surface area contributed by atoms with E-state index in [-0.39, 0.29) is 18.0 Å². The minimum Gasteiger partial charge on any atom is -0.369 e. The minimum atomic E-state index is -5.94. The van der Waals surface area contributed by atoms with Gasteiger partial charge >= 0.3 is 12.4 Å². The van der Waals surface area contributed by atoms with Gasteiger partial charge in [0, 0.05) is 69.2 Å². The molecule has 1 aliphatic rings. The summed E-state index contributed by atoms with van der Waals surface area (Å²) in [6, 6.07) is 13.4. The average molecular weight is 637 g/mol. The molecule has 0 bridgehead atoms. The lowest BCUT2D eigenvalue weighted by molar-refractivity contribution is -0.376. The first kappa shape index (κ1) is 34.4. The molecule has 244 valence electrons. The van der Waals surface area contributed by atoms with Gasteiger partial charge in [-0.3, -0.25) is 19.6 Å². The second-order valence-electron chi connectivity index (χ2n) is 11.9. The van der Waals surface area contributed by atoms with Crippen LogP contribution in [0.3, 0.4) is 0 Å². The van der Waals surface area contributed by atoms with E-state index in [2.05, 4.69) is 20.1 Å². The molecule has 0 unspecified atom stereocenters. The second kappa shape index (κ2) is 13.9. The lowest BCUT2D eigenvalue weighted by atomic mass is 9.90. The number of rotatable bonds is 10. The number of aromatic nitrogens is 1. The number of hydrogen-bond acceptors (Lipinski definition) is 5. The van der Waals surface area contributed by atoms with Crippen molar-refractivity contribution in [2.24, 2.45) is 0 Å². The molecule has 1 saturated heterocycles. The first-order valence-corrected chi connectivity index (χ1v) is 14.8. The molecule has 2 heterocycles. The number of aliphatic hydroxyl groups is 1. The van der Waals surface area contributed by atoms with E-state index in [0.717, 1.165) is 55.0 Å². The molecule has 6 nitrogen and oxygen atoms in total. The highest BCUT2D eigenvalue weighted by Crippen LogP contribution is 2.50. The van der Waals surface area contributed by atoms with Gasteiger partial charge in [0.2, 0.25) is 5.91 Å². The monoisotopic (exact) mass is 636 g/mol. The molecule has 0 spiro atoms. The number of hydrogen-bond donors (Lipinski definition) is 2. The summed E-state index contributed by atoms with van der Waals surface area (Å²) >= 11 is 0. The van der Waals surface area contributed by atoms with Crippen LogP contribution >= 0.6 is 0 Å². The van der Waals surface area contributed by atoms with Crippen molar-refractivity contribution < 1.29 is 36.2 Å². The molecule has 1 aliphatic heterocycles. The Morgan fingerprint density at radius 1 is 0.933 bits per heavy atom. The molecule has 1 fully saturated rings. The fraction of sp³-hybridized carbons (Fsp3) is 0.455. The summed E-state index contributed by atoms with van der Waals surface area (Å²) in [5.41, 5.74) is -2.23. The number of carbonyl (C=O) groups excluding carboxylic acids is 1. The number of piperazine rings is 1. The van der Waals surface area contributed by atoms with Gasteiger partial charge in [0.15, 0.2) is 0 Å². The van der Waals surface area contributed by atoms with E-state index in [9.17, 15) is 36.2 Å². The van der Waals surface area contributed by atoms with Gasteiger partial charge < -0.3 is 10.4 Å². The van der Waals surface area contributed by atoms with Crippen LogP contribution < -0.4 is 5.32 Å². The van der Waals surface area contributed by atoms with Crippen LogP contribution in [0.2, 0.25) is 0 Å². The van der Waals surface area contributed by atoms with Crippen LogP contribution in [-0.4, -0.2) is 69.9 Å². The average Bonchev–Trinajstić information content (AvgIpc) is 2.96. The van der Waals surface area contributed by atoms with Gasteiger partial charge in [-0.2, -0.15) is 26.3 Å². The molecule has 0 radical (unpaired) electrons. The van der Waals surface area contributed by atoms with Gasteiger partial charge in [0.05, 0.1) is 0 Å². The molecule has 1 amide bonds. The largest absolute Gasteiger partial charge is 0.430 e. The number of halogens is 6. The van der Waals surface area contributed by atoms with E-state index < -0.39 is 23.5 Å². The summed E-state index contributed by atoms with van der Waals surface area (Å²) < 4.78 is 79.8. The van der Waals surface area contributed by atoms with Gasteiger partial charge in [-0.1, -0.05) is 42.5 Å². The number of carbonyl (C=O) groups is 1. The summed E-state index contributed by atoms with van der Waals surface area (Å²) in [4.78, 5) is 21.3. The molecule has 0 aliphatic carbocycles. The van der Waals surface area contributed by atoms with Gasteiger partial charge in [0.1, 0.15) is 0 Å². The van der Waals surface area contributed by atoms with Crippen LogP contribution in [0.5, 0.6) is 0 Å². The molecule has 1 aromatic heterocycles. The van der Waals surface area contributed by atoms with E-state index in [0.29, 0.717) is 42.6 Å². The zero-order valence-electron chi connectivity index (χ0n) is 25.4. The molecule has 0 saturated carbocycles. The van der Waals surface area contributed by atoms with Gasteiger partial charge in [-0.15, -0.1) is 0 Å². The molecule has 2 aromatic carbocycles. The Balaban J connectivity index is 1.49. The summed E-state index contributed by atoms with van der Waals surface area (Å²) in [6.07, 6.45) is -7.27. The normalized spacial score (nSPS) is 17.1. The van der Waals surface area contributed by atoms with Crippen molar-refractivity contribution >= 4 is 5.91 Å². The Labute approximate surface area is 259 Å². The maximum atomic E-state index is 13.3. The van der Waals surface area contributed by atoms with Crippen LogP contribution in [0.4, 0.5) is 26.3 Å². The zero-order valence-corrected chi connectivity index (χ0v) is 25.4. The van der Waals surface area contributed by atoms with E-state index in [4.69, 9.17) is 0 Å². The van der Waals surface area contributed by atoms with Crippen LogP contribution in [-0.2, 0) is 23.5 Å². The third kappa shape index (κ3) is 8.22. The minimum absolute atomic E-state index is 0.00586. The highest BCUT2D eigenvalue weighted by Gasteiger charge is 2.71. The molecular weight excluding hydrogens is 598 g/mol. The standard InChI is InChI=1S/C33H38F6N4O2/c1-22(2)41-30(44)11-9-28-21-42(19-24-12-14-40-15-13-24)16-17-43(28)20-25-4-10-29(23(3)18-25)26-5-7-27(8-6-26)31(45,32(34,35)36)33(37,38)39/h4-8,10,12-15,18,22,28,45H,9,11,16-17,19-21H2,1-3H3,(H,41,44)/t28-/m0/s1. The molecular formula is C33H38F6N4O2. The van der Waals surface area contributed by atoms with Gasteiger partial charge in [-0.25, -0.2) is 0 Å². The Hall–Kier alpha value is -3.48. The Morgan fingerprint density at radius 2 is 1.58 bits per heavy atom. The number of amides is 1. The third-order valence-electron chi connectivity index (χ3n) is 8.11. The fourth-order valence-electron chi connectivity index (χ4n) is 5.78. The highest BCUT2D eigenvalue weighted by atomic mass is 19.4. The van der Waals surface area contributed by atoms with Crippen molar-refractivity contribution in [1.29, 1.82) is 0 Å². The van der Waals surface area contributed by atoms with Crippen molar-refractivity contribution in [3.05, 3.63) is 89.2 Å². The number of aryl methyl sites for hydroxylation is 1. The predicted octanol–water partition coefficient (Wildman–Crippen LogP) is 6.36. The SMILES string of the molecule is Cc1cc(CN2CCN(Cc3ccncc3)C[C@@H]2CCC(=O)NC(C)C)ccc1-c1ccc(C(O)(C(F)(F)F)C(F)(F)F)cc1. The topological polar surface area (TPSA) is 68.7 Å². The Bertz CT molecular complexity index is 1410. The Kier molecular flexibility index (Phi) is 10.6.